The number of halogens is 2. The lowest BCUT2D eigenvalue weighted by Gasteiger charge is -2.32. The molecule has 0 aliphatic carbocycles. The molecule has 21 heavy (non-hydrogen) atoms. The van der Waals surface area contributed by atoms with Gasteiger partial charge in [-0.05, 0) is 24.3 Å². The van der Waals surface area contributed by atoms with E-state index in [2.05, 4.69) is 0 Å². The predicted molar refractivity (Wildman–Crippen MR) is 71.6 cm³/mol. The number of aliphatic carboxylic acids is 1. The number of nitrogens with zero attached hydrogens (tertiary/aromatic N) is 1. The van der Waals surface area contributed by atoms with Crippen LogP contribution in [0.2, 0.25) is 0 Å². The molecule has 0 aromatic heterocycles. The Hall–Kier alpha value is -1.67. The molecule has 1 aromatic carbocycles. The van der Waals surface area contributed by atoms with E-state index >= 15 is 0 Å². The Balaban J connectivity index is 2.12. The van der Waals surface area contributed by atoms with Gasteiger partial charge in [0, 0.05) is 17.0 Å². The van der Waals surface area contributed by atoms with E-state index in [9.17, 15) is 18.4 Å². The quantitative estimate of drug-likeness (QED) is 0.860. The van der Waals surface area contributed by atoms with Crippen molar-refractivity contribution in [3.63, 3.8) is 0 Å². The second-order valence-corrected chi connectivity index (χ2v) is 5.39. The van der Waals surface area contributed by atoms with Crippen molar-refractivity contribution in [3.8, 4) is 0 Å². The molecular weight excluding hydrogens is 304 g/mol. The maximum absolute atomic E-state index is 12.3. The number of hydrogen-bond donors (Lipinski definition) is 1. The molecule has 0 bridgehead atoms. The van der Waals surface area contributed by atoms with Gasteiger partial charge in [-0.3, -0.25) is 4.79 Å². The summed E-state index contributed by atoms with van der Waals surface area (Å²) in [4.78, 5) is 25.0. The number of amides is 1. The molecule has 0 saturated carbocycles. The SMILES string of the molecule is O=C(O)C1COCCN1C(=O)c1ccc(SC(F)F)cc1. The van der Waals surface area contributed by atoms with Gasteiger partial charge >= 0.3 is 5.97 Å². The maximum atomic E-state index is 12.3. The fourth-order valence-corrected chi connectivity index (χ4v) is 2.50. The number of carbonyl (C=O) groups excluding carboxylic acids is 1. The van der Waals surface area contributed by atoms with Gasteiger partial charge in [0.1, 0.15) is 0 Å². The first-order chi connectivity index (χ1) is 9.99. The number of rotatable bonds is 4. The second-order valence-electron chi connectivity index (χ2n) is 4.33. The third-order valence-electron chi connectivity index (χ3n) is 3.00. The van der Waals surface area contributed by atoms with E-state index in [-0.39, 0.29) is 25.3 Å². The highest BCUT2D eigenvalue weighted by molar-refractivity contribution is 7.99. The summed E-state index contributed by atoms with van der Waals surface area (Å²) in [6.07, 6.45) is 0. The molecule has 1 fully saturated rings. The van der Waals surface area contributed by atoms with Crippen LogP contribution in [0.1, 0.15) is 10.4 Å². The van der Waals surface area contributed by atoms with E-state index in [4.69, 9.17) is 9.84 Å². The van der Waals surface area contributed by atoms with E-state index in [1.807, 2.05) is 0 Å². The predicted octanol–water partition coefficient (Wildman–Crippen LogP) is 1.93. The summed E-state index contributed by atoms with van der Waals surface area (Å²) in [6.45, 7) is 0.401. The van der Waals surface area contributed by atoms with Crippen molar-refractivity contribution in [3.05, 3.63) is 29.8 Å². The summed E-state index contributed by atoms with van der Waals surface area (Å²) in [5.41, 5.74) is 0.266. The van der Waals surface area contributed by atoms with Crippen LogP contribution in [0.15, 0.2) is 29.2 Å². The zero-order valence-electron chi connectivity index (χ0n) is 10.9. The molecule has 1 aliphatic heterocycles. The summed E-state index contributed by atoms with van der Waals surface area (Å²) in [5, 5.41) is 9.09. The lowest BCUT2D eigenvalue weighted by molar-refractivity contribution is -0.147. The van der Waals surface area contributed by atoms with Crippen LogP contribution < -0.4 is 0 Å². The Morgan fingerprint density at radius 3 is 2.57 bits per heavy atom. The average Bonchev–Trinajstić information content (AvgIpc) is 2.46. The third-order valence-corrected chi connectivity index (χ3v) is 3.72. The van der Waals surface area contributed by atoms with Gasteiger partial charge in [-0.25, -0.2) is 4.79 Å². The summed E-state index contributed by atoms with van der Waals surface area (Å²) >= 11 is 0.388. The molecule has 1 atom stereocenters. The molecule has 0 spiro atoms. The van der Waals surface area contributed by atoms with Crippen LogP contribution in [0.3, 0.4) is 0 Å². The zero-order valence-corrected chi connectivity index (χ0v) is 11.7. The van der Waals surface area contributed by atoms with Crippen molar-refractivity contribution < 1.29 is 28.2 Å². The molecule has 2 rings (SSSR count). The molecule has 0 radical (unpaired) electrons. The fraction of sp³-hybridized carbons (Fsp3) is 0.385. The highest BCUT2D eigenvalue weighted by Crippen LogP contribution is 2.25. The van der Waals surface area contributed by atoms with Crippen LogP contribution in [0, 0.1) is 0 Å². The molecule has 1 aromatic rings. The highest BCUT2D eigenvalue weighted by atomic mass is 32.2. The first kappa shape index (κ1) is 15.7. The third kappa shape index (κ3) is 3.92. The monoisotopic (exact) mass is 317 g/mol. The first-order valence-corrected chi connectivity index (χ1v) is 7.03. The second kappa shape index (κ2) is 6.86. The zero-order chi connectivity index (χ0) is 15.4. The van der Waals surface area contributed by atoms with E-state index in [0.717, 1.165) is 0 Å². The molecule has 1 unspecified atom stereocenters. The van der Waals surface area contributed by atoms with Crippen molar-refractivity contribution >= 4 is 23.6 Å². The van der Waals surface area contributed by atoms with Gasteiger partial charge in [-0.15, -0.1) is 0 Å². The van der Waals surface area contributed by atoms with Crippen LogP contribution in [0.25, 0.3) is 0 Å². The Morgan fingerprint density at radius 2 is 2.00 bits per heavy atom. The fourth-order valence-electron chi connectivity index (χ4n) is 2.00. The van der Waals surface area contributed by atoms with Gasteiger partial charge in [0.15, 0.2) is 6.04 Å². The van der Waals surface area contributed by atoms with Crippen LogP contribution in [-0.2, 0) is 9.53 Å². The molecular formula is C13H13F2NO4S. The van der Waals surface area contributed by atoms with Crippen LogP contribution in [0.4, 0.5) is 8.78 Å². The van der Waals surface area contributed by atoms with E-state index in [1.54, 1.807) is 0 Å². The number of thioether (sulfide) groups is 1. The molecule has 114 valence electrons. The standard InChI is InChI=1S/C13H13F2NO4S/c14-13(15)21-9-3-1-8(2-4-9)11(17)16-5-6-20-7-10(16)12(18)19/h1-4,10,13H,5-7H2,(H,18,19). The van der Waals surface area contributed by atoms with Crippen molar-refractivity contribution in [2.45, 2.75) is 16.7 Å². The molecule has 8 heteroatoms. The van der Waals surface area contributed by atoms with Crippen LogP contribution in [-0.4, -0.2) is 53.4 Å². The minimum absolute atomic E-state index is 0.0552. The Labute approximate surface area is 123 Å². The number of ether oxygens (including phenoxy) is 1. The summed E-state index contributed by atoms with van der Waals surface area (Å²) in [6, 6.07) is 4.64. The Morgan fingerprint density at radius 1 is 1.33 bits per heavy atom. The largest absolute Gasteiger partial charge is 0.480 e. The molecule has 1 saturated heterocycles. The van der Waals surface area contributed by atoms with Gasteiger partial charge in [0.05, 0.1) is 13.2 Å². The number of benzene rings is 1. The molecule has 1 heterocycles. The highest BCUT2D eigenvalue weighted by Gasteiger charge is 2.33. The molecule has 1 N–H and O–H groups in total. The average molecular weight is 317 g/mol. The smallest absolute Gasteiger partial charge is 0.328 e. The summed E-state index contributed by atoms with van der Waals surface area (Å²) in [7, 11) is 0. The molecule has 5 nitrogen and oxygen atoms in total. The Kier molecular flexibility index (Phi) is 5.13. The van der Waals surface area contributed by atoms with E-state index in [1.165, 1.54) is 29.2 Å². The number of alkyl halides is 2. The summed E-state index contributed by atoms with van der Waals surface area (Å²) in [5.74, 6) is -4.10. The van der Waals surface area contributed by atoms with Gasteiger partial charge in [0.2, 0.25) is 0 Å². The summed E-state index contributed by atoms with van der Waals surface area (Å²) < 4.78 is 29.5. The topological polar surface area (TPSA) is 66.8 Å². The van der Waals surface area contributed by atoms with E-state index < -0.39 is 23.7 Å². The lowest BCUT2D eigenvalue weighted by Crippen LogP contribution is -2.52. The van der Waals surface area contributed by atoms with Gasteiger partial charge < -0.3 is 14.7 Å². The van der Waals surface area contributed by atoms with Crippen molar-refractivity contribution in [2.75, 3.05) is 19.8 Å². The minimum atomic E-state index is -2.53. The van der Waals surface area contributed by atoms with Crippen molar-refractivity contribution in [1.29, 1.82) is 0 Å². The van der Waals surface area contributed by atoms with E-state index in [0.29, 0.717) is 16.7 Å². The molecule has 1 aliphatic rings. The maximum Gasteiger partial charge on any atom is 0.328 e. The minimum Gasteiger partial charge on any atom is -0.480 e. The number of morpholine rings is 1. The van der Waals surface area contributed by atoms with Gasteiger partial charge in [-0.1, -0.05) is 11.8 Å². The van der Waals surface area contributed by atoms with Crippen molar-refractivity contribution in [1.82, 2.24) is 4.90 Å². The number of hydrogen-bond acceptors (Lipinski definition) is 4. The first-order valence-electron chi connectivity index (χ1n) is 6.15. The molecule has 1 amide bonds. The normalized spacial score (nSPS) is 18.8. The van der Waals surface area contributed by atoms with Gasteiger partial charge in [0.25, 0.3) is 11.7 Å². The number of carboxylic acid groups (broad SMARTS) is 1. The Bertz CT molecular complexity index is 523. The van der Waals surface area contributed by atoms with Crippen molar-refractivity contribution in [2.24, 2.45) is 0 Å². The van der Waals surface area contributed by atoms with Crippen LogP contribution in [0.5, 0.6) is 0 Å². The van der Waals surface area contributed by atoms with Crippen LogP contribution >= 0.6 is 11.8 Å². The number of carboxylic acids is 1. The lowest BCUT2D eigenvalue weighted by atomic mass is 10.1. The van der Waals surface area contributed by atoms with Gasteiger partial charge in [-0.2, -0.15) is 8.78 Å². The number of carbonyl (C=O) groups is 2.